The van der Waals surface area contributed by atoms with Gasteiger partial charge in [-0.2, -0.15) is 0 Å². The Morgan fingerprint density at radius 1 is 1.11 bits per heavy atom. The van der Waals surface area contributed by atoms with Crippen LogP contribution in [0.1, 0.15) is 21.9 Å². The van der Waals surface area contributed by atoms with Gasteiger partial charge >= 0.3 is 12.0 Å². The summed E-state index contributed by atoms with van der Waals surface area (Å²) >= 11 is 0. The third-order valence-corrected chi connectivity index (χ3v) is 3.64. The van der Waals surface area contributed by atoms with E-state index in [1.165, 1.54) is 26.4 Å². The maximum atomic E-state index is 11.6. The zero-order chi connectivity index (χ0) is 19.4. The summed E-state index contributed by atoms with van der Waals surface area (Å²) in [5.41, 5.74) is 0.777. The van der Waals surface area contributed by atoms with E-state index in [2.05, 4.69) is 15.4 Å². The summed E-state index contributed by atoms with van der Waals surface area (Å²) < 4.78 is 20.9. The molecule has 3 amide bonds. The number of ether oxygens (including phenoxy) is 3. The number of benzene rings is 1. The Hall–Kier alpha value is -3.75. The quantitative estimate of drug-likeness (QED) is 0.451. The highest BCUT2D eigenvalue weighted by Gasteiger charge is 2.22. The van der Waals surface area contributed by atoms with E-state index in [0.29, 0.717) is 22.8 Å². The number of furan rings is 1. The summed E-state index contributed by atoms with van der Waals surface area (Å²) in [4.78, 5) is 34.1. The van der Waals surface area contributed by atoms with Gasteiger partial charge in [0.25, 0.3) is 5.91 Å². The van der Waals surface area contributed by atoms with E-state index >= 15 is 0 Å². The van der Waals surface area contributed by atoms with E-state index < -0.39 is 17.9 Å². The first kappa shape index (κ1) is 18.1. The molecule has 3 rings (SSSR count). The van der Waals surface area contributed by atoms with Crippen LogP contribution >= 0.6 is 0 Å². The van der Waals surface area contributed by atoms with Crippen LogP contribution in [0.25, 0.3) is 6.08 Å². The number of carbonyl (C=O) groups excluding carboxylic acids is 3. The van der Waals surface area contributed by atoms with Crippen molar-refractivity contribution in [3.05, 3.63) is 53.1 Å². The van der Waals surface area contributed by atoms with Crippen molar-refractivity contribution in [3.8, 4) is 11.5 Å². The molecule has 1 fully saturated rings. The van der Waals surface area contributed by atoms with Crippen molar-refractivity contribution < 1.29 is 33.0 Å². The molecule has 0 atom stereocenters. The van der Waals surface area contributed by atoms with Crippen molar-refractivity contribution in [1.29, 1.82) is 0 Å². The first-order valence-electron chi connectivity index (χ1n) is 7.82. The molecule has 9 nitrogen and oxygen atoms in total. The Balaban J connectivity index is 1.72. The number of methoxy groups -OCH3 is 2. The third kappa shape index (κ3) is 4.09. The van der Waals surface area contributed by atoms with Gasteiger partial charge < -0.3 is 23.9 Å². The van der Waals surface area contributed by atoms with E-state index in [4.69, 9.17) is 13.9 Å². The number of esters is 1. The normalized spacial score (nSPS) is 14.7. The predicted octanol–water partition coefficient (Wildman–Crippen LogP) is 1.83. The number of hydrogen-bond acceptors (Lipinski definition) is 7. The second kappa shape index (κ2) is 7.65. The van der Waals surface area contributed by atoms with Gasteiger partial charge in [-0.3, -0.25) is 10.1 Å². The summed E-state index contributed by atoms with van der Waals surface area (Å²) in [6, 6.07) is 7.55. The van der Waals surface area contributed by atoms with Crippen molar-refractivity contribution in [2.75, 3.05) is 14.2 Å². The molecule has 2 N–H and O–H groups in total. The van der Waals surface area contributed by atoms with Crippen molar-refractivity contribution in [1.82, 2.24) is 10.6 Å². The molecule has 1 aliphatic heterocycles. The molecule has 140 valence electrons. The maximum absolute atomic E-state index is 11.6. The molecular weight excluding hydrogens is 356 g/mol. The smallest absolute Gasteiger partial charge is 0.373 e. The van der Waals surface area contributed by atoms with Crippen LogP contribution in [0.2, 0.25) is 0 Å². The average molecular weight is 372 g/mol. The number of carbonyl (C=O) groups is 3. The Morgan fingerprint density at radius 2 is 1.93 bits per heavy atom. The molecule has 0 bridgehead atoms. The Morgan fingerprint density at radius 3 is 2.59 bits per heavy atom. The number of nitrogens with one attached hydrogen (secondary N) is 2. The van der Waals surface area contributed by atoms with Crippen LogP contribution in [0.4, 0.5) is 4.79 Å². The van der Waals surface area contributed by atoms with Gasteiger partial charge in [0.2, 0.25) is 5.76 Å². The second-order valence-corrected chi connectivity index (χ2v) is 5.42. The highest BCUT2D eigenvalue weighted by Crippen LogP contribution is 2.30. The summed E-state index contributed by atoms with van der Waals surface area (Å²) in [6.45, 7) is 0.0756. The number of rotatable bonds is 6. The minimum Gasteiger partial charge on any atom is -0.493 e. The van der Waals surface area contributed by atoms with Gasteiger partial charge in [0.05, 0.1) is 14.2 Å². The van der Waals surface area contributed by atoms with Crippen LogP contribution in [-0.4, -0.2) is 32.1 Å². The van der Waals surface area contributed by atoms with Gasteiger partial charge in [-0.15, -0.1) is 0 Å². The standard InChI is InChI=1S/C18H16N2O7/c1-24-15-8-10(7-12-16(21)20-18(23)19-12)3-5-13(15)26-9-11-4-6-14(27-11)17(22)25-2/h3-8H,9H2,1-2H3,(H2,19,20,21,23). The second-order valence-electron chi connectivity index (χ2n) is 5.42. The van der Waals surface area contributed by atoms with Crippen LogP contribution in [0.3, 0.4) is 0 Å². The van der Waals surface area contributed by atoms with Crippen LogP contribution in [0.5, 0.6) is 11.5 Å². The molecule has 2 aromatic rings. The highest BCUT2D eigenvalue weighted by atomic mass is 16.5. The van der Waals surface area contributed by atoms with Crippen molar-refractivity contribution in [2.45, 2.75) is 6.61 Å². The van der Waals surface area contributed by atoms with Crippen molar-refractivity contribution >= 4 is 24.0 Å². The van der Waals surface area contributed by atoms with Gasteiger partial charge in [0.1, 0.15) is 18.1 Å². The summed E-state index contributed by atoms with van der Waals surface area (Å²) in [5, 5.41) is 4.53. The number of hydrogen-bond donors (Lipinski definition) is 2. The van der Waals surface area contributed by atoms with E-state index in [0.717, 1.165) is 0 Å². The molecule has 9 heteroatoms. The lowest BCUT2D eigenvalue weighted by molar-refractivity contribution is -0.115. The third-order valence-electron chi connectivity index (χ3n) is 3.64. The van der Waals surface area contributed by atoms with Gasteiger partial charge in [0.15, 0.2) is 11.5 Å². The Kier molecular flexibility index (Phi) is 5.11. The summed E-state index contributed by atoms with van der Waals surface area (Å²) in [6.07, 6.45) is 1.52. The van der Waals surface area contributed by atoms with E-state index in [1.807, 2.05) is 0 Å². The summed E-state index contributed by atoms with van der Waals surface area (Å²) in [5.74, 6) is 0.318. The van der Waals surface area contributed by atoms with E-state index in [9.17, 15) is 14.4 Å². The number of urea groups is 1. The molecule has 2 heterocycles. The molecule has 0 spiro atoms. The van der Waals surface area contributed by atoms with E-state index in [-0.39, 0.29) is 18.1 Å². The van der Waals surface area contributed by atoms with Crippen molar-refractivity contribution in [2.24, 2.45) is 0 Å². The minimum absolute atomic E-state index is 0.0756. The first-order chi connectivity index (χ1) is 13.0. The highest BCUT2D eigenvalue weighted by molar-refractivity contribution is 6.14. The first-order valence-corrected chi connectivity index (χ1v) is 7.82. The molecule has 1 saturated heterocycles. The molecule has 1 aliphatic rings. The average Bonchev–Trinajstić information content (AvgIpc) is 3.26. The predicted molar refractivity (Wildman–Crippen MR) is 92.0 cm³/mol. The Bertz CT molecular complexity index is 930. The Labute approximate surface area is 153 Å². The molecule has 1 aromatic carbocycles. The van der Waals surface area contributed by atoms with Gasteiger partial charge in [0, 0.05) is 0 Å². The zero-order valence-electron chi connectivity index (χ0n) is 14.5. The van der Waals surface area contributed by atoms with Crippen molar-refractivity contribution in [3.63, 3.8) is 0 Å². The number of imide groups is 1. The molecule has 0 radical (unpaired) electrons. The van der Waals surface area contributed by atoms with E-state index in [1.54, 1.807) is 24.3 Å². The monoisotopic (exact) mass is 372 g/mol. The molecule has 1 aromatic heterocycles. The largest absolute Gasteiger partial charge is 0.493 e. The number of amides is 3. The van der Waals surface area contributed by atoms with Crippen LogP contribution < -0.4 is 20.1 Å². The lowest BCUT2D eigenvalue weighted by atomic mass is 10.1. The van der Waals surface area contributed by atoms with Crippen LogP contribution in [-0.2, 0) is 16.1 Å². The lowest BCUT2D eigenvalue weighted by Gasteiger charge is -2.10. The summed E-state index contributed by atoms with van der Waals surface area (Å²) in [7, 11) is 2.74. The van der Waals surface area contributed by atoms with Crippen LogP contribution in [0, 0.1) is 0 Å². The fourth-order valence-corrected chi connectivity index (χ4v) is 2.36. The van der Waals surface area contributed by atoms with Crippen LogP contribution in [0.15, 0.2) is 40.4 Å². The molecule has 0 saturated carbocycles. The SMILES string of the molecule is COC(=O)c1ccc(COc2ccc(C=C3NC(=O)NC3=O)cc2OC)o1. The fourth-order valence-electron chi connectivity index (χ4n) is 2.36. The zero-order valence-corrected chi connectivity index (χ0v) is 14.5. The van der Waals surface area contributed by atoms with Gasteiger partial charge in [-0.1, -0.05) is 6.07 Å². The lowest BCUT2D eigenvalue weighted by Crippen LogP contribution is -2.22. The minimum atomic E-state index is -0.570. The molecule has 27 heavy (non-hydrogen) atoms. The fraction of sp³-hybridized carbons (Fsp3) is 0.167. The maximum Gasteiger partial charge on any atom is 0.373 e. The topological polar surface area (TPSA) is 116 Å². The molecule has 0 unspecified atom stereocenters. The molecule has 0 aliphatic carbocycles. The van der Waals surface area contributed by atoms with Gasteiger partial charge in [-0.25, -0.2) is 9.59 Å². The van der Waals surface area contributed by atoms with Gasteiger partial charge in [-0.05, 0) is 35.9 Å². The molecular formula is C18H16N2O7.